The lowest BCUT2D eigenvalue weighted by atomic mass is 9.93. The van der Waals surface area contributed by atoms with E-state index in [0.717, 1.165) is 0 Å². The largest absolute Gasteiger partial charge is 0.465 e. The molecule has 7 heteroatoms. The van der Waals surface area contributed by atoms with Gasteiger partial charge in [-0.05, 0) is 40.8 Å². The fourth-order valence-electron chi connectivity index (χ4n) is 2.09. The lowest BCUT2D eigenvalue weighted by Gasteiger charge is -2.34. The molecule has 0 spiro atoms. The van der Waals surface area contributed by atoms with Gasteiger partial charge in [-0.15, -0.1) is 0 Å². The van der Waals surface area contributed by atoms with E-state index in [4.69, 9.17) is 4.74 Å². The average Bonchev–Trinajstić information content (AvgIpc) is 2.27. The Morgan fingerprint density at radius 3 is 2.30 bits per heavy atom. The average molecular weight is 298 g/mol. The number of alkyl halides is 3. The number of halogens is 3. The van der Waals surface area contributed by atoms with Gasteiger partial charge in [0.05, 0.1) is 13.2 Å². The van der Waals surface area contributed by atoms with E-state index >= 15 is 0 Å². The maximum absolute atomic E-state index is 12.4. The van der Waals surface area contributed by atoms with Crippen molar-refractivity contribution in [2.75, 3.05) is 26.7 Å². The molecule has 0 rings (SSSR count). The summed E-state index contributed by atoms with van der Waals surface area (Å²) in [6, 6.07) is -0.412. The van der Waals surface area contributed by atoms with Crippen LogP contribution in [0, 0.1) is 0 Å². The molecule has 4 nitrogen and oxygen atoms in total. The molecule has 0 heterocycles. The first-order valence-corrected chi connectivity index (χ1v) is 6.75. The number of hydrogen-bond acceptors (Lipinski definition) is 4. The zero-order valence-corrected chi connectivity index (χ0v) is 12.8. The smallest absolute Gasteiger partial charge is 0.401 e. The second-order valence-electron chi connectivity index (χ2n) is 5.17. The molecular formula is C13H25F3N2O2. The summed E-state index contributed by atoms with van der Waals surface area (Å²) in [5.41, 5.74) is -0.982. The molecule has 0 aromatic heterocycles. The van der Waals surface area contributed by atoms with Gasteiger partial charge in [0, 0.05) is 6.04 Å². The molecule has 0 fully saturated rings. The Balaban J connectivity index is 4.77. The minimum absolute atomic E-state index is 0.242. The molecule has 0 aliphatic heterocycles. The number of nitrogens with one attached hydrogen (secondary N) is 1. The van der Waals surface area contributed by atoms with Crippen LogP contribution in [-0.2, 0) is 9.53 Å². The number of nitrogens with zero attached hydrogens (tertiary/aromatic N) is 1. The van der Waals surface area contributed by atoms with Gasteiger partial charge in [0.25, 0.3) is 0 Å². The van der Waals surface area contributed by atoms with Crippen molar-refractivity contribution in [1.82, 2.24) is 10.2 Å². The van der Waals surface area contributed by atoms with Crippen molar-refractivity contribution in [2.24, 2.45) is 0 Å². The van der Waals surface area contributed by atoms with Gasteiger partial charge in [0.2, 0.25) is 0 Å². The molecule has 0 saturated carbocycles. The Labute approximate surface area is 118 Å². The summed E-state index contributed by atoms with van der Waals surface area (Å²) in [5.74, 6) is -0.436. The zero-order valence-electron chi connectivity index (χ0n) is 12.8. The van der Waals surface area contributed by atoms with Crippen molar-refractivity contribution in [3.8, 4) is 0 Å². The third-order valence-electron chi connectivity index (χ3n) is 3.18. The van der Waals surface area contributed by atoms with Gasteiger partial charge in [0.1, 0.15) is 5.54 Å². The van der Waals surface area contributed by atoms with E-state index in [9.17, 15) is 18.0 Å². The van der Waals surface area contributed by atoms with Crippen LogP contribution in [0.2, 0.25) is 0 Å². The first-order chi connectivity index (χ1) is 9.05. The SMILES string of the molecule is CCNC(C)(CC(C)N(C)CC(F)(F)F)C(=O)OCC. The van der Waals surface area contributed by atoms with Crippen LogP contribution < -0.4 is 5.32 Å². The van der Waals surface area contributed by atoms with Crippen molar-refractivity contribution in [3.05, 3.63) is 0 Å². The first kappa shape index (κ1) is 19.2. The van der Waals surface area contributed by atoms with Crippen molar-refractivity contribution in [2.45, 2.75) is 51.9 Å². The summed E-state index contributed by atoms with van der Waals surface area (Å²) in [7, 11) is 1.40. The van der Waals surface area contributed by atoms with Crippen LogP contribution in [0.1, 0.15) is 34.1 Å². The molecule has 0 saturated heterocycles. The summed E-state index contributed by atoms with van der Waals surface area (Å²) in [6.07, 6.45) is -4.01. The highest BCUT2D eigenvalue weighted by Gasteiger charge is 2.38. The molecule has 0 aromatic carbocycles. The number of hydrogen-bond donors (Lipinski definition) is 1. The molecule has 0 aliphatic carbocycles. The quantitative estimate of drug-likeness (QED) is 0.698. The molecule has 120 valence electrons. The van der Waals surface area contributed by atoms with Crippen LogP contribution in [0.3, 0.4) is 0 Å². The molecule has 20 heavy (non-hydrogen) atoms. The Kier molecular flexibility index (Phi) is 7.51. The number of ether oxygens (including phenoxy) is 1. The second-order valence-corrected chi connectivity index (χ2v) is 5.17. The zero-order chi connectivity index (χ0) is 16.0. The van der Waals surface area contributed by atoms with Crippen molar-refractivity contribution in [3.63, 3.8) is 0 Å². The highest BCUT2D eigenvalue weighted by molar-refractivity contribution is 5.80. The molecular weight excluding hydrogens is 273 g/mol. The van der Waals surface area contributed by atoms with Crippen LogP contribution in [-0.4, -0.2) is 55.4 Å². The fourth-order valence-corrected chi connectivity index (χ4v) is 2.09. The minimum Gasteiger partial charge on any atom is -0.465 e. The number of carbonyl (C=O) groups excluding carboxylic acids is 1. The predicted octanol–water partition coefficient (Wildman–Crippen LogP) is 2.19. The molecule has 2 atom stereocenters. The van der Waals surface area contributed by atoms with Crippen molar-refractivity contribution in [1.29, 1.82) is 0 Å². The Hall–Kier alpha value is -0.820. The lowest BCUT2D eigenvalue weighted by molar-refractivity contribution is -0.154. The summed E-state index contributed by atoms with van der Waals surface area (Å²) < 4.78 is 42.1. The van der Waals surface area contributed by atoms with Crippen LogP contribution in [0.25, 0.3) is 0 Å². The van der Waals surface area contributed by atoms with E-state index in [2.05, 4.69) is 5.32 Å². The van der Waals surface area contributed by atoms with Crippen LogP contribution in [0.5, 0.6) is 0 Å². The number of carbonyl (C=O) groups is 1. The molecule has 0 aliphatic rings. The van der Waals surface area contributed by atoms with E-state index in [1.165, 1.54) is 11.9 Å². The monoisotopic (exact) mass is 298 g/mol. The van der Waals surface area contributed by atoms with E-state index in [1.807, 2.05) is 6.92 Å². The first-order valence-electron chi connectivity index (χ1n) is 6.75. The van der Waals surface area contributed by atoms with Gasteiger partial charge >= 0.3 is 12.1 Å². The van der Waals surface area contributed by atoms with Gasteiger partial charge in [-0.3, -0.25) is 9.69 Å². The number of likely N-dealkylation sites (N-methyl/N-ethyl adjacent to an activating group) is 1. The minimum atomic E-state index is -4.25. The maximum atomic E-state index is 12.4. The third kappa shape index (κ3) is 6.56. The topological polar surface area (TPSA) is 41.6 Å². The second kappa shape index (κ2) is 7.83. The Morgan fingerprint density at radius 1 is 1.35 bits per heavy atom. The maximum Gasteiger partial charge on any atom is 0.401 e. The highest BCUT2D eigenvalue weighted by atomic mass is 19.4. The van der Waals surface area contributed by atoms with Crippen LogP contribution in [0.15, 0.2) is 0 Å². The summed E-state index contributed by atoms with van der Waals surface area (Å²) in [4.78, 5) is 13.2. The van der Waals surface area contributed by atoms with Crippen LogP contribution in [0.4, 0.5) is 13.2 Å². The van der Waals surface area contributed by atoms with E-state index in [0.29, 0.717) is 6.54 Å². The normalized spacial score (nSPS) is 16.9. The van der Waals surface area contributed by atoms with Gasteiger partial charge in [-0.25, -0.2) is 0 Å². The molecule has 1 N–H and O–H groups in total. The number of esters is 1. The van der Waals surface area contributed by atoms with Crippen molar-refractivity contribution >= 4 is 5.97 Å². The standard InChI is InChI=1S/C13H25F3N2O2/c1-6-17-12(4,11(19)20-7-2)8-10(3)18(5)9-13(14,15)16/h10,17H,6-9H2,1-5H3. The predicted molar refractivity (Wildman–Crippen MR) is 71.5 cm³/mol. The van der Waals surface area contributed by atoms with Crippen LogP contribution >= 0.6 is 0 Å². The summed E-state index contributed by atoms with van der Waals surface area (Å²) in [6.45, 7) is 6.63. The third-order valence-corrected chi connectivity index (χ3v) is 3.18. The number of rotatable bonds is 8. The highest BCUT2D eigenvalue weighted by Crippen LogP contribution is 2.21. The van der Waals surface area contributed by atoms with E-state index in [1.54, 1.807) is 20.8 Å². The Morgan fingerprint density at radius 2 is 1.90 bits per heavy atom. The molecule has 0 radical (unpaired) electrons. The van der Waals surface area contributed by atoms with Gasteiger partial charge in [-0.1, -0.05) is 6.92 Å². The summed E-state index contributed by atoms with van der Waals surface area (Å²) >= 11 is 0. The van der Waals surface area contributed by atoms with E-state index < -0.39 is 30.3 Å². The van der Waals surface area contributed by atoms with Gasteiger partial charge in [-0.2, -0.15) is 13.2 Å². The molecule has 0 bridgehead atoms. The Bertz CT molecular complexity index is 310. The van der Waals surface area contributed by atoms with E-state index in [-0.39, 0.29) is 13.0 Å². The lowest BCUT2D eigenvalue weighted by Crippen LogP contribution is -2.54. The fraction of sp³-hybridized carbons (Fsp3) is 0.923. The van der Waals surface area contributed by atoms with Gasteiger partial charge < -0.3 is 10.1 Å². The molecule has 2 unspecified atom stereocenters. The summed E-state index contributed by atoms with van der Waals surface area (Å²) in [5, 5.41) is 3.01. The van der Waals surface area contributed by atoms with Crippen molar-refractivity contribution < 1.29 is 22.7 Å². The van der Waals surface area contributed by atoms with Gasteiger partial charge in [0.15, 0.2) is 0 Å². The molecule has 0 aromatic rings. The molecule has 0 amide bonds.